The number of halogens is 1. The molecule has 1 aliphatic heterocycles. The number of carbonyl (C=O) groups excluding carboxylic acids is 1. The lowest BCUT2D eigenvalue weighted by Gasteiger charge is -2.21. The van der Waals surface area contributed by atoms with E-state index in [1.165, 1.54) is 12.1 Å². The van der Waals surface area contributed by atoms with E-state index >= 15 is 0 Å². The second-order valence-electron chi connectivity index (χ2n) is 6.26. The molecule has 0 radical (unpaired) electrons. The highest BCUT2D eigenvalue weighted by Crippen LogP contribution is 2.25. The Morgan fingerprint density at radius 3 is 2.73 bits per heavy atom. The highest BCUT2D eigenvalue weighted by molar-refractivity contribution is 5.94. The van der Waals surface area contributed by atoms with Crippen LogP contribution in [0.4, 0.5) is 21.8 Å². The van der Waals surface area contributed by atoms with Crippen LogP contribution in [0.25, 0.3) is 0 Å². The molecule has 1 N–H and O–H groups in total. The molecule has 8 heteroatoms. The van der Waals surface area contributed by atoms with Crippen molar-refractivity contribution in [3.8, 4) is 5.75 Å². The maximum Gasteiger partial charge on any atom is 0.262 e. The lowest BCUT2D eigenvalue weighted by Crippen LogP contribution is -2.25. The minimum atomic E-state index is -0.507. The predicted molar refractivity (Wildman–Crippen MR) is 98.3 cm³/mol. The van der Waals surface area contributed by atoms with Crippen molar-refractivity contribution in [2.45, 2.75) is 12.8 Å². The highest BCUT2D eigenvalue weighted by atomic mass is 19.1. The number of anilines is 3. The molecule has 7 nitrogen and oxygen atoms in total. The van der Waals surface area contributed by atoms with Gasteiger partial charge in [0.05, 0.1) is 6.20 Å². The van der Waals surface area contributed by atoms with E-state index < -0.39 is 11.7 Å². The first kappa shape index (κ1) is 17.9. The molecule has 2 heterocycles. The first-order chi connectivity index (χ1) is 12.5. The van der Waals surface area contributed by atoms with Gasteiger partial charge in [0.15, 0.2) is 24.0 Å². The fourth-order valence-electron chi connectivity index (χ4n) is 2.75. The summed E-state index contributed by atoms with van der Waals surface area (Å²) >= 11 is 0. The summed E-state index contributed by atoms with van der Waals surface area (Å²) in [6.45, 7) is 1.58. The van der Waals surface area contributed by atoms with Crippen LogP contribution in [-0.2, 0) is 4.79 Å². The SMILES string of the molecule is CN(C)c1nc(N2CCCC2)ncc1NC(=O)COc1ccccc1F. The van der Waals surface area contributed by atoms with Crippen LogP contribution >= 0.6 is 0 Å². The van der Waals surface area contributed by atoms with Crippen LogP contribution in [-0.4, -0.2) is 49.7 Å². The molecule has 1 amide bonds. The quantitative estimate of drug-likeness (QED) is 0.853. The van der Waals surface area contributed by atoms with Gasteiger partial charge < -0.3 is 19.9 Å². The molecule has 0 atom stereocenters. The molecule has 1 aliphatic rings. The van der Waals surface area contributed by atoms with Crippen molar-refractivity contribution < 1.29 is 13.9 Å². The average Bonchev–Trinajstić information content (AvgIpc) is 3.16. The van der Waals surface area contributed by atoms with Crippen LogP contribution in [0, 0.1) is 5.82 Å². The van der Waals surface area contributed by atoms with E-state index in [1.807, 2.05) is 19.0 Å². The third-order valence-electron chi connectivity index (χ3n) is 4.04. The largest absolute Gasteiger partial charge is 0.481 e. The van der Waals surface area contributed by atoms with Gasteiger partial charge in [-0.25, -0.2) is 9.37 Å². The van der Waals surface area contributed by atoms with E-state index in [9.17, 15) is 9.18 Å². The second kappa shape index (κ2) is 7.99. The number of hydrogen-bond donors (Lipinski definition) is 1. The smallest absolute Gasteiger partial charge is 0.262 e. The molecule has 0 spiro atoms. The number of aromatic nitrogens is 2. The van der Waals surface area contributed by atoms with Gasteiger partial charge in [-0.1, -0.05) is 12.1 Å². The van der Waals surface area contributed by atoms with Crippen molar-refractivity contribution in [1.29, 1.82) is 0 Å². The maximum absolute atomic E-state index is 13.5. The summed E-state index contributed by atoms with van der Waals surface area (Å²) in [5, 5.41) is 2.73. The second-order valence-corrected chi connectivity index (χ2v) is 6.26. The predicted octanol–water partition coefficient (Wildman–Crippen LogP) is 2.30. The molecule has 26 heavy (non-hydrogen) atoms. The van der Waals surface area contributed by atoms with Crippen LogP contribution in [0.3, 0.4) is 0 Å². The van der Waals surface area contributed by atoms with Crippen molar-refractivity contribution in [2.24, 2.45) is 0 Å². The normalized spacial score (nSPS) is 13.6. The summed E-state index contributed by atoms with van der Waals surface area (Å²) in [5.41, 5.74) is 0.486. The van der Waals surface area contributed by atoms with Crippen molar-refractivity contribution in [2.75, 3.05) is 48.9 Å². The van der Waals surface area contributed by atoms with Crippen LogP contribution in [0.15, 0.2) is 30.5 Å². The van der Waals surface area contributed by atoms with Gasteiger partial charge in [0.1, 0.15) is 5.69 Å². The third kappa shape index (κ3) is 4.19. The molecule has 1 saturated heterocycles. The molecule has 138 valence electrons. The fraction of sp³-hybridized carbons (Fsp3) is 0.389. The summed E-state index contributed by atoms with van der Waals surface area (Å²) in [7, 11) is 3.70. The topological polar surface area (TPSA) is 70.6 Å². The first-order valence-corrected chi connectivity index (χ1v) is 8.51. The van der Waals surface area contributed by atoms with E-state index in [0.29, 0.717) is 17.5 Å². The van der Waals surface area contributed by atoms with Crippen molar-refractivity contribution >= 4 is 23.4 Å². The number of nitrogens with zero attached hydrogens (tertiary/aromatic N) is 4. The van der Waals surface area contributed by atoms with Crippen molar-refractivity contribution in [1.82, 2.24) is 9.97 Å². The third-order valence-corrected chi connectivity index (χ3v) is 4.04. The summed E-state index contributed by atoms with van der Waals surface area (Å²) in [6.07, 6.45) is 3.86. The average molecular weight is 359 g/mol. The Bertz CT molecular complexity index is 778. The zero-order valence-electron chi connectivity index (χ0n) is 14.9. The first-order valence-electron chi connectivity index (χ1n) is 8.51. The van der Waals surface area contributed by atoms with Crippen LogP contribution in [0.2, 0.25) is 0 Å². The number of benzene rings is 1. The summed E-state index contributed by atoms with van der Waals surface area (Å²) < 4.78 is 18.8. The Balaban J connectivity index is 1.68. The van der Waals surface area contributed by atoms with E-state index in [-0.39, 0.29) is 12.4 Å². The zero-order valence-corrected chi connectivity index (χ0v) is 14.9. The standard InChI is InChI=1S/C18H22FN5O2/c1-23(2)17-14(11-20-18(22-17)24-9-5-6-10-24)21-16(25)12-26-15-8-4-3-7-13(15)19/h3-4,7-8,11H,5-6,9-10,12H2,1-2H3,(H,21,25). The number of carbonyl (C=O) groups is 1. The number of rotatable bonds is 6. The molecular weight excluding hydrogens is 337 g/mol. The van der Waals surface area contributed by atoms with Crippen molar-refractivity contribution in [3.63, 3.8) is 0 Å². The van der Waals surface area contributed by atoms with Crippen LogP contribution in [0.5, 0.6) is 5.75 Å². The minimum absolute atomic E-state index is 0.0381. The van der Waals surface area contributed by atoms with Gasteiger partial charge in [0.25, 0.3) is 5.91 Å². The number of para-hydroxylation sites is 1. The number of hydrogen-bond acceptors (Lipinski definition) is 6. The fourth-order valence-corrected chi connectivity index (χ4v) is 2.75. The molecule has 0 unspecified atom stereocenters. The van der Waals surface area contributed by atoms with Crippen molar-refractivity contribution in [3.05, 3.63) is 36.3 Å². The molecule has 1 aromatic carbocycles. The van der Waals surface area contributed by atoms with Gasteiger partial charge in [-0.15, -0.1) is 0 Å². The Morgan fingerprint density at radius 2 is 2.04 bits per heavy atom. The number of nitrogens with one attached hydrogen (secondary N) is 1. The monoisotopic (exact) mass is 359 g/mol. The highest BCUT2D eigenvalue weighted by Gasteiger charge is 2.18. The lowest BCUT2D eigenvalue weighted by molar-refractivity contribution is -0.118. The Morgan fingerprint density at radius 1 is 1.31 bits per heavy atom. The van der Waals surface area contributed by atoms with Gasteiger partial charge in [-0.3, -0.25) is 4.79 Å². The van der Waals surface area contributed by atoms with Crippen LogP contribution in [0.1, 0.15) is 12.8 Å². The van der Waals surface area contributed by atoms with Gasteiger partial charge in [-0.2, -0.15) is 4.98 Å². The number of ether oxygens (including phenoxy) is 1. The molecule has 0 aliphatic carbocycles. The molecule has 2 aromatic rings. The molecule has 1 aromatic heterocycles. The van der Waals surface area contributed by atoms with Crippen LogP contribution < -0.4 is 19.9 Å². The van der Waals surface area contributed by atoms with Gasteiger partial charge in [0.2, 0.25) is 5.95 Å². The van der Waals surface area contributed by atoms with Gasteiger partial charge in [-0.05, 0) is 25.0 Å². The Kier molecular flexibility index (Phi) is 5.50. The molecule has 0 saturated carbocycles. The van der Waals surface area contributed by atoms with Gasteiger partial charge in [0, 0.05) is 27.2 Å². The summed E-state index contributed by atoms with van der Waals surface area (Å²) in [4.78, 5) is 25.0. The summed E-state index contributed by atoms with van der Waals surface area (Å²) in [5.74, 6) is 0.394. The van der Waals surface area contributed by atoms with E-state index in [4.69, 9.17) is 4.74 Å². The minimum Gasteiger partial charge on any atom is -0.481 e. The molecular formula is C18H22FN5O2. The molecule has 0 bridgehead atoms. The zero-order chi connectivity index (χ0) is 18.5. The summed E-state index contributed by atoms with van der Waals surface area (Å²) in [6, 6.07) is 5.96. The van der Waals surface area contributed by atoms with E-state index in [0.717, 1.165) is 25.9 Å². The van der Waals surface area contributed by atoms with E-state index in [1.54, 1.807) is 18.3 Å². The van der Waals surface area contributed by atoms with E-state index in [2.05, 4.69) is 20.2 Å². The maximum atomic E-state index is 13.5. The lowest BCUT2D eigenvalue weighted by atomic mass is 10.3. The molecule has 1 fully saturated rings. The molecule has 3 rings (SSSR count). The number of amides is 1. The Hall–Kier alpha value is -2.90. The Labute approximate surface area is 151 Å². The van der Waals surface area contributed by atoms with Gasteiger partial charge >= 0.3 is 0 Å².